The highest BCUT2D eigenvalue weighted by Gasteiger charge is 2.30. The minimum absolute atomic E-state index is 0.0831. The Kier molecular flexibility index (Phi) is 4.29. The van der Waals surface area contributed by atoms with Gasteiger partial charge in [-0.1, -0.05) is 17.7 Å². The lowest BCUT2D eigenvalue weighted by atomic mass is 10.1. The molecule has 8 heteroatoms. The Balaban J connectivity index is 2.21. The Labute approximate surface area is 117 Å². The summed E-state index contributed by atoms with van der Waals surface area (Å²) in [7, 11) is -0.350. The molecule has 0 unspecified atom stereocenters. The van der Waals surface area contributed by atoms with Crippen molar-refractivity contribution in [2.75, 3.05) is 26.8 Å². The fourth-order valence-electron chi connectivity index (χ4n) is 1.92. The van der Waals surface area contributed by atoms with E-state index in [1.807, 2.05) is 6.08 Å². The number of ether oxygens (including phenoxy) is 1. The molecule has 0 fully saturated rings. The van der Waals surface area contributed by atoms with Gasteiger partial charge >= 0.3 is 0 Å². The second kappa shape index (κ2) is 5.62. The monoisotopic (exact) mass is 305 g/mol. The topological polar surface area (TPSA) is 64.4 Å². The van der Waals surface area contributed by atoms with Gasteiger partial charge in [-0.05, 0) is 12.0 Å². The maximum Gasteiger partial charge on any atom is 0.263 e. The summed E-state index contributed by atoms with van der Waals surface area (Å²) in [6.07, 6.45) is 3.93. The largest absolute Gasteiger partial charge is 0.380 e. The molecular formula is C11H16ClN3O3S. The molecule has 0 N–H and O–H groups in total. The van der Waals surface area contributed by atoms with E-state index in [2.05, 4.69) is 4.98 Å². The molecule has 19 heavy (non-hydrogen) atoms. The zero-order valence-corrected chi connectivity index (χ0v) is 12.4. The standard InChI is InChI=1S/C11H16ClN3O3S/c1-14-8-13-11(10(14)12)19(16,17)15-5-3-9(4-6-15)7-18-2/h3,8H,4-7H2,1-2H3. The molecule has 2 rings (SSSR count). The summed E-state index contributed by atoms with van der Waals surface area (Å²) in [6, 6.07) is 0. The predicted molar refractivity (Wildman–Crippen MR) is 71.6 cm³/mol. The van der Waals surface area contributed by atoms with Crippen LogP contribution < -0.4 is 0 Å². The van der Waals surface area contributed by atoms with Gasteiger partial charge in [0.15, 0.2) is 0 Å². The third-order valence-electron chi connectivity index (χ3n) is 3.01. The maximum absolute atomic E-state index is 12.4. The van der Waals surface area contributed by atoms with E-state index in [-0.39, 0.29) is 10.2 Å². The van der Waals surface area contributed by atoms with Crippen LogP contribution in [0.3, 0.4) is 0 Å². The first-order valence-electron chi connectivity index (χ1n) is 5.80. The summed E-state index contributed by atoms with van der Waals surface area (Å²) in [5, 5.41) is 0.0481. The van der Waals surface area contributed by atoms with Crippen LogP contribution in [0.5, 0.6) is 0 Å². The van der Waals surface area contributed by atoms with Crippen LogP contribution in [0.1, 0.15) is 6.42 Å². The SMILES string of the molecule is COCC1=CCN(S(=O)(=O)c2ncn(C)c2Cl)CC1. The molecule has 0 saturated carbocycles. The Bertz CT molecular complexity index is 594. The second-order valence-corrected chi connectivity index (χ2v) is 6.57. The number of aromatic nitrogens is 2. The van der Waals surface area contributed by atoms with Crippen molar-refractivity contribution in [3.05, 3.63) is 23.1 Å². The number of aryl methyl sites for hydroxylation is 1. The number of hydrogen-bond donors (Lipinski definition) is 0. The van der Waals surface area contributed by atoms with Crippen molar-refractivity contribution in [3.63, 3.8) is 0 Å². The normalized spacial score (nSPS) is 17.5. The fourth-order valence-corrected chi connectivity index (χ4v) is 3.69. The van der Waals surface area contributed by atoms with Gasteiger partial charge < -0.3 is 9.30 Å². The van der Waals surface area contributed by atoms with Crippen LogP contribution in [0.25, 0.3) is 0 Å². The van der Waals surface area contributed by atoms with Gasteiger partial charge in [-0.15, -0.1) is 0 Å². The fraction of sp³-hybridized carbons (Fsp3) is 0.545. The summed E-state index contributed by atoms with van der Waals surface area (Å²) >= 11 is 5.95. The lowest BCUT2D eigenvalue weighted by Gasteiger charge is -2.24. The number of imidazole rings is 1. The first-order chi connectivity index (χ1) is 8.96. The first kappa shape index (κ1) is 14.5. The first-order valence-corrected chi connectivity index (χ1v) is 7.62. The van der Waals surface area contributed by atoms with Crippen molar-refractivity contribution in [1.82, 2.24) is 13.9 Å². The van der Waals surface area contributed by atoms with Crippen molar-refractivity contribution in [1.29, 1.82) is 0 Å². The number of rotatable bonds is 4. The smallest absolute Gasteiger partial charge is 0.263 e. The zero-order valence-electron chi connectivity index (χ0n) is 10.8. The molecule has 0 saturated heterocycles. The van der Waals surface area contributed by atoms with E-state index in [0.717, 1.165) is 5.57 Å². The summed E-state index contributed by atoms with van der Waals surface area (Å²) in [6.45, 7) is 1.29. The molecule has 6 nitrogen and oxygen atoms in total. The molecule has 0 amide bonds. The van der Waals surface area contributed by atoms with E-state index in [1.54, 1.807) is 14.2 Å². The third-order valence-corrected chi connectivity index (χ3v) is 5.37. The molecule has 1 aromatic heterocycles. The number of methoxy groups -OCH3 is 1. The van der Waals surface area contributed by atoms with Gasteiger partial charge in [0.25, 0.3) is 10.0 Å². The lowest BCUT2D eigenvalue weighted by molar-refractivity contribution is 0.219. The number of sulfonamides is 1. The van der Waals surface area contributed by atoms with Crippen LogP contribution in [0.2, 0.25) is 5.15 Å². The summed E-state index contributed by atoms with van der Waals surface area (Å²) < 4.78 is 32.7. The van der Waals surface area contributed by atoms with Gasteiger partial charge in [-0.3, -0.25) is 0 Å². The van der Waals surface area contributed by atoms with E-state index in [9.17, 15) is 8.42 Å². The van der Waals surface area contributed by atoms with Crippen LogP contribution in [-0.4, -0.2) is 49.1 Å². The number of halogens is 1. The van der Waals surface area contributed by atoms with E-state index in [4.69, 9.17) is 16.3 Å². The molecule has 106 valence electrons. The highest BCUT2D eigenvalue weighted by Crippen LogP contribution is 2.24. The number of hydrogen-bond acceptors (Lipinski definition) is 4. The Hall–Kier alpha value is -0.890. The quantitative estimate of drug-likeness (QED) is 0.780. The molecule has 1 aliphatic rings. The van der Waals surface area contributed by atoms with Crippen LogP contribution >= 0.6 is 11.6 Å². The third kappa shape index (κ3) is 2.84. The van der Waals surface area contributed by atoms with E-state index >= 15 is 0 Å². The molecule has 0 atom stereocenters. The lowest BCUT2D eigenvalue weighted by Crippen LogP contribution is -2.35. The van der Waals surface area contributed by atoms with Gasteiger partial charge in [-0.25, -0.2) is 13.4 Å². The van der Waals surface area contributed by atoms with Gasteiger partial charge in [0.2, 0.25) is 5.03 Å². The summed E-state index contributed by atoms with van der Waals surface area (Å²) in [5.41, 5.74) is 1.11. The van der Waals surface area contributed by atoms with Crippen molar-refractivity contribution < 1.29 is 13.2 Å². The van der Waals surface area contributed by atoms with Crippen LogP contribution in [0.4, 0.5) is 0 Å². The van der Waals surface area contributed by atoms with Crippen LogP contribution in [-0.2, 0) is 21.8 Å². The minimum atomic E-state index is -3.63. The van der Waals surface area contributed by atoms with E-state index < -0.39 is 10.0 Å². The second-order valence-electron chi connectivity index (χ2n) is 4.36. The minimum Gasteiger partial charge on any atom is -0.380 e. The van der Waals surface area contributed by atoms with Crippen molar-refractivity contribution >= 4 is 21.6 Å². The highest BCUT2D eigenvalue weighted by molar-refractivity contribution is 7.89. The molecule has 0 aromatic carbocycles. The van der Waals surface area contributed by atoms with E-state index in [0.29, 0.717) is 26.1 Å². The molecule has 0 radical (unpaired) electrons. The zero-order chi connectivity index (χ0) is 14.0. The molecule has 1 aromatic rings. The molecule has 0 aliphatic carbocycles. The van der Waals surface area contributed by atoms with Crippen LogP contribution in [0, 0.1) is 0 Å². The molecule has 0 spiro atoms. The van der Waals surface area contributed by atoms with Crippen molar-refractivity contribution in [3.8, 4) is 0 Å². The van der Waals surface area contributed by atoms with Crippen molar-refractivity contribution in [2.45, 2.75) is 11.4 Å². The van der Waals surface area contributed by atoms with Gasteiger partial charge in [0, 0.05) is 27.2 Å². The average Bonchev–Trinajstić information content (AvgIpc) is 2.72. The van der Waals surface area contributed by atoms with E-state index in [1.165, 1.54) is 15.2 Å². The van der Waals surface area contributed by atoms with Crippen molar-refractivity contribution in [2.24, 2.45) is 7.05 Å². The Morgan fingerprint density at radius 1 is 1.53 bits per heavy atom. The highest BCUT2D eigenvalue weighted by atomic mass is 35.5. The van der Waals surface area contributed by atoms with Gasteiger partial charge in [0.05, 0.1) is 12.9 Å². The van der Waals surface area contributed by atoms with Gasteiger partial charge in [-0.2, -0.15) is 4.31 Å². The summed E-state index contributed by atoms with van der Waals surface area (Å²) in [5.74, 6) is 0. The van der Waals surface area contributed by atoms with Crippen LogP contribution in [0.15, 0.2) is 23.0 Å². The summed E-state index contributed by atoms with van der Waals surface area (Å²) in [4.78, 5) is 3.87. The van der Waals surface area contributed by atoms with Gasteiger partial charge in [0.1, 0.15) is 5.15 Å². The average molecular weight is 306 g/mol. The Morgan fingerprint density at radius 3 is 2.74 bits per heavy atom. The Morgan fingerprint density at radius 2 is 2.26 bits per heavy atom. The number of nitrogens with zero attached hydrogens (tertiary/aromatic N) is 3. The molecule has 2 heterocycles. The molecular weight excluding hydrogens is 290 g/mol. The maximum atomic E-state index is 12.4. The predicted octanol–water partition coefficient (Wildman–Crippen LogP) is 1.04. The molecule has 1 aliphatic heterocycles. The molecule has 0 bridgehead atoms.